The summed E-state index contributed by atoms with van der Waals surface area (Å²) in [7, 11) is 0. The van der Waals surface area contributed by atoms with Gasteiger partial charge in [-0.2, -0.15) is 5.26 Å². The van der Waals surface area contributed by atoms with E-state index in [1.807, 2.05) is 25.1 Å². The number of nitriles is 1. The zero-order chi connectivity index (χ0) is 10.8. The summed E-state index contributed by atoms with van der Waals surface area (Å²) < 4.78 is 13.6. The highest BCUT2D eigenvalue weighted by molar-refractivity contribution is 5.61. The van der Waals surface area contributed by atoms with Crippen molar-refractivity contribution in [2.24, 2.45) is 0 Å². The summed E-state index contributed by atoms with van der Waals surface area (Å²) >= 11 is 0. The minimum Gasteiger partial charge on any atom is -0.359 e. The largest absolute Gasteiger partial charge is 0.359 e. The van der Waals surface area contributed by atoms with Crippen LogP contribution in [0.25, 0.3) is 11.3 Å². The summed E-state index contributed by atoms with van der Waals surface area (Å²) in [5.74, 6) is -0.379. The summed E-state index contributed by atoms with van der Waals surface area (Å²) in [6.07, 6.45) is 0. The smallest absolute Gasteiger partial charge is 0.133 e. The van der Waals surface area contributed by atoms with Crippen LogP contribution < -0.4 is 0 Å². The Balaban J connectivity index is 2.51. The lowest BCUT2D eigenvalue weighted by Gasteiger charge is -2.00. The molecule has 0 atom stereocenters. The average Bonchev–Trinajstić information content (AvgIpc) is 2.64. The molecule has 2 rings (SSSR count). The maximum Gasteiger partial charge on any atom is 0.133 e. The topological polar surface area (TPSA) is 39.6 Å². The van der Waals surface area contributed by atoms with Crippen LogP contribution in [0.5, 0.6) is 0 Å². The Hall–Kier alpha value is -2.08. The number of nitrogens with one attached hydrogen (secondary N) is 1. The first-order valence-electron chi connectivity index (χ1n) is 4.56. The fraction of sp³-hybridized carbons (Fsp3) is 0.0833. The Kier molecular flexibility index (Phi) is 2.26. The third-order valence-electron chi connectivity index (χ3n) is 2.22. The molecule has 0 aliphatic carbocycles. The van der Waals surface area contributed by atoms with Crippen molar-refractivity contribution in [3.05, 3.63) is 47.4 Å². The van der Waals surface area contributed by atoms with Crippen molar-refractivity contribution in [1.29, 1.82) is 5.26 Å². The molecule has 0 saturated carbocycles. The summed E-state index contributed by atoms with van der Waals surface area (Å²) in [6.45, 7) is 1.91. The molecule has 0 spiro atoms. The molecular weight excluding hydrogens is 191 g/mol. The summed E-state index contributed by atoms with van der Waals surface area (Å²) in [5, 5.41) is 8.60. The molecule has 1 heterocycles. The van der Waals surface area contributed by atoms with E-state index in [0.29, 0.717) is 11.1 Å². The molecule has 2 nitrogen and oxygen atoms in total. The Morgan fingerprint density at radius 1 is 1.27 bits per heavy atom. The van der Waals surface area contributed by atoms with Gasteiger partial charge >= 0.3 is 0 Å². The highest BCUT2D eigenvalue weighted by Crippen LogP contribution is 2.22. The number of aromatic amines is 1. The molecule has 0 saturated heterocycles. The Morgan fingerprint density at radius 3 is 2.60 bits per heavy atom. The minimum absolute atomic E-state index is 0.333. The van der Waals surface area contributed by atoms with E-state index in [1.165, 1.54) is 6.07 Å². The van der Waals surface area contributed by atoms with Crippen molar-refractivity contribution in [3.8, 4) is 17.3 Å². The van der Waals surface area contributed by atoms with Crippen LogP contribution >= 0.6 is 0 Å². The Labute approximate surface area is 87.0 Å². The molecule has 0 radical (unpaired) electrons. The van der Waals surface area contributed by atoms with Crippen molar-refractivity contribution in [2.75, 3.05) is 0 Å². The molecule has 74 valence electrons. The van der Waals surface area contributed by atoms with Crippen molar-refractivity contribution >= 4 is 0 Å². The molecule has 0 unspecified atom stereocenters. The lowest BCUT2D eigenvalue weighted by Crippen LogP contribution is -1.86. The highest BCUT2D eigenvalue weighted by atomic mass is 19.1. The van der Waals surface area contributed by atoms with Crippen LogP contribution in [0.2, 0.25) is 0 Å². The maximum atomic E-state index is 13.6. The first-order chi connectivity index (χ1) is 7.20. The number of hydrogen-bond donors (Lipinski definition) is 1. The number of benzene rings is 1. The van der Waals surface area contributed by atoms with Gasteiger partial charge in [-0.1, -0.05) is 0 Å². The van der Waals surface area contributed by atoms with Gasteiger partial charge in [-0.15, -0.1) is 0 Å². The van der Waals surface area contributed by atoms with Crippen LogP contribution in [-0.4, -0.2) is 4.98 Å². The van der Waals surface area contributed by atoms with Crippen LogP contribution in [0, 0.1) is 24.1 Å². The van der Waals surface area contributed by atoms with E-state index in [2.05, 4.69) is 4.98 Å². The van der Waals surface area contributed by atoms with Gasteiger partial charge in [0.2, 0.25) is 0 Å². The fourth-order valence-electron chi connectivity index (χ4n) is 1.46. The molecule has 1 aromatic heterocycles. The molecule has 0 aliphatic heterocycles. The molecule has 1 N–H and O–H groups in total. The molecule has 0 amide bonds. The van der Waals surface area contributed by atoms with Gasteiger partial charge < -0.3 is 4.98 Å². The van der Waals surface area contributed by atoms with E-state index >= 15 is 0 Å². The van der Waals surface area contributed by atoms with Crippen LogP contribution in [0.4, 0.5) is 4.39 Å². The van der Waals surface area contributed by atoms with Crippen molar-refractivity contribution in [1.82, 2.24) is 4.98 Å². The zero-order valence-corrected chi connectivity index (χ0v) is 8.21. The monoisotopic (exact) mass is 200 g/mol. The summed E-state index contributed by atoms with van der Waals surface area (Å²) in [6, 6.07) is 10.1. The first-order valence-corrected chi connectivity index (χ1v) is 4.56. The van der Waals surface area contributed by atoms with Gasteiger partial charge in [-0.05, 0) is 37.3 Å². The number of nitrogens with zero attached hydrogens (tertiary/aromatic N) is 1. The van der Waals surface area contributed by atoms with Crippen molar-refractivity contribution in [2.45, 2.75) is 6.92 Å². The average molecular weight is 200 g/mol. The third-order valence-corrected chi connectivity index (χ3v) is 2.22. The Bertz CT molecular complexity index is 535. The fourth-order valence-corrected chi connectivity index (χ4v) is 1.46. The summed E-state index contributed by atoms with van der Waals surface area (Å²) in [5.41, 5.74) is 2.53. The SMILES string of the molecule is Cc1ccc(-c2ccc(C#N)cc2F)[nH]1. The number of rotatable bonds is 1. The van der Waals surface area contributed by atoms with Crippen LogP contribution in [-0.2, 0) is 0 Å². The number of aryl methyl sites for hydroxylation is 1. The molecular formula is C12H9FN2. The zero-order valence-electron chi connectivity index (χ0n) is 8.21. The van der Waals surface area contributed by atoms with E-state index in [0.717, 1.165) is 11.4 Å². The molecule has 2 aromatic rings. The van der Waals surface area contributed by atoms with Gasteiger partial charge in [0.15, 0.2) is 0 Å². The molecule has 0 aliphatic rings. The number of aromatic nitrogens is 1. The molecule has 0 fully saturated rings. The van der Waals surface area contributed by atoms with Crippen LogP contribution in [0.3, 0.4) is 0 Å². The standard InChI is InChI=1S/C12H9FN2/c1-8-2-5-12(15-8)10-4-3-9(7-14)6-11(10)13/h2-6,15H,1H3. The molecule has 0 bridgehead atoms. The van der Waals surface area contributed by atoms with Gasteiger partial charge in [-0.25, -0.2) is 4.39 Å². The molecule has 15 heavy (non-hydrogen) atoms. The van der Waals surface area contributed by atoms with Gasteiger partial charge in [0, 0.05) is 17.0 Å². The van der Waals surface area contributed by atoms with Gasteiger partial charge in [0.25, 0.3) is 0 Å². The van der Waals surface area contributed by atoms with E-state index < -0.39 is 0 Å². The predicted molar refractivity (Wildman–Crippen MR) is 55.6 cm³/mol. The van der Waals surface area contributed by atoms with E-state index in [9.17, 15) is 4.39 Å². The molecule has 1 aromatic carbocycles. The summed E-state index contributed by atoms with van der Waals surface area (Å²) in [4.78, 5) is 3.05. The number of hydrogen-bond acceptors (Lipinski definition) is 1. The first kappa shape index (κ1) is 9.47. The second-order valence-electron chi connectivity index (χ2n) is 3.36. The van der Waals surface area contributed by atoms with Gasteiger partial charge in [0.1, 0.15) is 5.82 Å². The van der Waals surface area contributed by atoms with Crippen molar-refractivity contribution in [3.63, 3.8) is 0 Å². The minimum atomic E-state index is -0.379. The lowest BCUT2D eigenvalue weighted by molar-refractivity contribution is 0.630. The predicted octanol–water partition coefficient (Wildman–Crippen LogP) is 3.00. The molecule has 3 heteroatoms. The van der Waals surface area contributed by atoms with E-state index in [4.69, 9.17) is 5.26 Å². The van der Waals surface area contributed by atoms with Crippen molar-refractivity contribution < 1.29 is 4.39 Å². The van der Waals surface area contributed by atoms with Crippen LogP contribution in [0.1, 0.15) is 11.3 Å². The number of H-pyrrole nitrogens is 1. The lowest BCUT2D eigenvalue weighted by atomic mass is 10.1. The Morgan fingerprint density at radius 2 is 2.07 bits per heavy atom. The third kappa shape index (κ3) is 1.75. The second-order valence-corrected chi connectivity index (χ2v) is 3.36. The normalized spacial score (nSPS) is 9.93. The second kappa shape index (κ2) is 3.58. The van der Waals surface area contributed by atoms with Gasteiger partial charge in [-0.3, -0.25) is 0 Å². The van der Waals surface area contributed by atoms with Gasteiger partial charge in [0.05, 0.1) is 11.6 Å². The highest BCUT2D eigenvalue weighted by Gasteiger charge is 2.06. The maximum absolute atomic E-state index is 13.6. The quantitative estimate of drug-likeness (QED) is 0.755. The van der Waals surface area contributed by atoms with E-state index in [-0.39, 0.29) is 5.82 Å². The van der Waals surface area contributed by atoms with Crippen LogP contribution in [0.15, 0.2) is 30.3 Å². The number of halogens is 1. The van der Waals surface area contributed by atoms with E-state index in [1.54, 1.807) is 12.1 Å².